The normalized spacial score (nSPS) is 21.8. The Hall–Kier alpha value is 0.400. The molecular weight excluding hydrogens is 254 g/mol. The predicted octanol–water partition coefficient (Wildman–Crippen LogP) is 2.91. The van der Waals surface area contributed by atoms with Crippen molar-refractivity contribution in [1.29, 1.82) is 0 Å². The van der Waals surface area contributed by atoms with Crippen molar-refractivity contribution in [2.45, 2.75) is 39.2 Å². The molecule has 3 heteroatoms. The van der Waals surface area contributed by atoms with E-state index in [0.29, 0.717) is 0 Å². The zero-order chi connectivity index (χ0) is 11.1. The Labute approximate surface area is 102 Å². The van der Waals surface area contributed by atoms with E-state index in [1.54, 1.807) is 0 Å². The highest BCUT2D eigenvalue weighted by molar-refractivity contribution is 9.09. The van der Waals surface area contributed by atoms with Crippen LogP contribution in [0.3, 0.4) is 0 Å². The zero-order valence-corrected chi connectivity index (χ0v) is 11.6. The maximum absolute atomic E-state index is 5.44. The number of hydrogen-bond acceptors (Lipinski definition) is 2. The molecular formula is C12H24BrNO. The van der Waals surface area contributed by atoms with Gasteiger partial charge < -0.3 is 4.74 Å². The minimum absolute atomic E-state index is 0.753. The van der Waals surface area contributed by atoms with Crippen LogP contribution in [0.15, 0.2) is 0 Å². The molecule has 1 atom stereocenters. The van der Waals surface area contributed by atoms with Crippen LogP contribution in [0.5, 0.6) is 0 Å². The van der Waals surface area contributed by atoms with Crippen LogP contribution in [0.4, 0.5) is 0 Å². The van der Waals surface area contributed by atoms with Crippen LogP contribution < -0.4 is 0 Å². The fraction of sp³-hybridized carbons (Fsp3) is 1.00. The molecule has 1 rings (SSSR count). The number of halogens is 1. The van der Waals surface area contributed by atoms with Crippen molar-refractivity contribution < 1.29 is 4.74 Å². The smallest absolute Gasteiger partial charge is 0.0507 e. The van der Waals surface area contributed by atoms with Gasteiger partial charge in [0.25, 0.3) is 0 Å². The molecule has 1 aliphatic heterocycles. The average molecular weight is 278 g/mol. The Bertz CT molecular complexity index is 156. The highest BCUT2D eigenvalue weighted by Crippen LogP contribution is 2.17. The van der Waals surface area contributed by atoms with E-state index in [9.17, 15) is 0 Å². The number of nitrogens with zero attached hydrogens (tertiary/aromatic N) is 1. The molecule has 15 heavy (non-hydrogen) atoms. The lowest BCUT2D eigenvalue weighted by Crippen LogP contribution is -2.39. The lowest BCUT2D eigenvalue weighted by molar-refractivity contribution is 0.143. The second kappa shape index (κ2) is 7.64. The molecule has 0 aromatic carbocycles. The largest absolute Gasteiger partial charge is 0.381 e. The van der Waals surface area contributed by atoms with Crippen molar-refractivity contribution in [2.75, 3.05) is 31.6 Å². The van der Waals surface area contributed by atoms with E-state index in [1.165, 1.54) is 32.4 Å². The minimum atomic E-state index is 0.753. The SMILES string of the molecule is CCC(CC)N(CCBr)CC1CCOC1. The monoisotopic (exact) mass is 277 g/mol. The minimum Gasteiger partial charge on any atom is -0.381 e. The number of rotatable bonds is 7. The number of alkyl halides is 1. The van der Waals surface area contributed by atoms with Crippen molar-refractivity contribution in [3.05, 3.63) is 0 Å². The van der Waals surface area contributed by atoms with Crippen LogP contribution in [0.25, 0.3) is 0 Å². The summed E-state index contributed by atoms with van der Waals surface area (Å²) in [5.74, 6) is 0.768. The molecule has 0 saturated carbocycles. The summed E-state index contributed by atoms with van der Waals surface area (Å²) < 4.78 is 5.44. The van der Waals surface area contributed by atoms with Gasteiger partial charge in [-0.1, -0.05) is 29.8 Å². The van der Waals surface area contributed by atoms with E-state index >= 15 is 0 Å². The molecule has 1 fully saturated rings. The van der Waals surface area contributed by atoms with Gasteiger partial charge in [-0.05, 0) is 25.2 Å². The Balaban J connectivity index is 2.40. The fourth-order valence-electron chi connectivity index (χ4n) is 2.40. The lowest BCUT2D eigenvalue weighted by atomic mass is 10.1. The van der Waals surface area contributed by atoms with Gasteiger partial charge >= 0.3 is 0 Å². The summed E-state index contributed by atoms with van der Waals surface area (Å²) >= 11 is 3.55. The summed E-state index contributed by atoms with van der Waals surface area (Å²) in [6.45, 7) is 8.91. The number of hydrogen-bond donors (Lipinski definition) is 0. The second-order valence-electron chi connectivity index (χ2n) is 4.38. The van der Waals surface area contributed by atoms with Gasteiger partial charge in [0.2, 0.25) is 0 Å². The zero-order valence-electron chi connectivity index (χ0n) is 10.0. The first-order valence-electron chi connectivity index (χ1n) is 6.19. The van der Waals surface area contributed by atoms with E-state index in [4.69, 9.17) is 4.74 Å². The molecule has 1 heterocycles. The van der Waals surface area contributed by atoms with Gasteiger partial charge in [0.05, 0.1) is 6.61 Å². The summed E-state index contributed by atoms with van der Waals surface area (Å²) in [6.07, 6.45) is 3.77. The van der Waals surface area contributed by atoms with Crippen LogP contribution in [0.2, 0.25) is 0 Å². The van der Waals surface area contributed by atoms with Gasteiger partial charge in [0, 0.05) is 31.1 Å². The Morgan fingerprint density at radius 2 is 2.13 bits per heavy atom. The standard InChI is InChI=1S/C12H24BrNO/c1-3-12(4-2)14(7-6-13)9-11-5-8-15-10-11/h11-12H,3-10H2,1-2H3. The highest BCUT2D eigenvalue weighted by atomic mass is 79.9. The molecule has 1 saturated heterocycles. The van der Waals surface area contributed by atoms with Crippen molar-refractivity contribution in [3.63, 3.8) is 0 Å². The summed E-state index contributed by atoms with van der Waals surface area (Å²) in [7, 11) is 0. The van der Waals surface area contributed by atoms with Crippen LogP contribution >= 0.6 is 15.9 Å². The van der Waals surface area contributed by atoms with Gasteiger partial charge in [-0.15, -0.1) is 0 Å². The van der Waals surface area contributed by atoms with Gasteiger partial charge in [-0.25, -0.2) is 0 Å². The molecule has 0 bridgehead atoms. The first-order chi connectivity index (χ1) is 7.31. The van der Waals surface area contributed by atoms with Crippen LogP contribution in [0.1, 0.15) is 33.1 Å². The molecule has 2 nitrogen and oxygen atoms in total. The van der Waals surface area contributed by atoms with E-state index < -0.39 is 0 Å². The van der Waals surface area contributed by atoms with Gasteiger partial charge in [-0.3, -0.25) is 4.90 Å². The molecule has 0 N–H and O–H groups in total. The Morgan fingerprint density at radius 1 is 1.40 bits per heavy atom. The third kappa shape index (κ3) is 4.41. The molecule has 0 amide bonds. The first kappa shape index (κ1) is 13.5. The third-order valence-corrected chi connectivity index (χ3v) is 3.70. The van der Waals surface area contributed by atoms with Gasteiger partial charge in [-0.2, -0.15) is 0 Å². The van der Waals surface area contributed by atoms with Crippen LogP contribution in [0, 0.1) is 5.92 Å². The van der Waals surface area contributed by atoms with Gasteiger partial charge in [0.15, 0.2) is 0 Å². The quantitative estimate of drug-likeness (QED) is 0.664. The summed E-state index contributed by atoms with van der Waals surface area (Å²) in [6, 6.07) is 0.753. The predicted molar refractivity (Wildman–Crippen MR) is 68.7 cm³/mol. The average Bonchev–Trinajstić information content (AvgIpc) is 2.72. The Morgan fingerprint density at radius 3 is 2.60 bits per heavy atom. The highest BCUT2D eigenvalue weighted by Gasteiger charge is 2.22. The van der Waals surface area contributed by atoms with Gasteiger partial charge in [0.1, 0.15) is 0 Å². The van der Waals surface area contributed by atoms with E-state index in [1.807, 2.05) is 0 Å². The Kier molecular flexibility index (Phi) is 6.86. The lowest BCUT2D eigenvalue weighted by Gasteiger charge is -2.31. The summed E-state index contributed by atoms with van der Waals surface area (Å²) in [5, 5.41) is 1.08. The molecule has 90 valence electrons. The second-order valence-corrected chi connectivity index (χ2v) is 5.18. The van der Waals surface area contributed by atoms with Crippen molar-refractivity contribution in [1.82, 2.24) is 4.90 Å². The molecule has 0 aromatic heterocycles. The summed E-state index contributed by atoms with van der Waals surface area (Å²) in [4.78, 5) is 2.63. The van der Waals surface area contributed by atoms with E-state index in [0.717, 1.165) is 30.5 Å². The first-order valence-corrected chi connectivity index (χ1v) is 7.31. The van der Waals surface area contributed by atoms with Crippen LogP contribution in [-0.2, 0) is 4.74 Å². The molecule has 0 spiro atoms. The molecule has 1 aliphatic rings. The van der Waals surface area contributed by atoms with Crippen molar-refractivity contribution in [3.8, 4) is 0 Å². The van der Waals surface area contributed by atoms with E-state index in [-0.39, 0.29) is 0 Å². The van der Waals surface area contributed by atoms with Crippen LogP contribution in [-0.4, -0.2) is 42.6 Å². The topological polar surface area (TPSA) is 12.5 Å². The molecule has 1 unspecified atom stereocenters. The van der Waals surface area contributed by atoms with Crippen molar-refractivity contribution >= 4 is 15.9 Å². The molecule has 0 aromatic rings. The maximum atomic E-state index is 5.44. The number of ether oxygens (including phenoxy) is 1. The van der Waals surface area contributed by atoms with E-state index in [2.05, 4.69) is 34.7 Å². The summed E-state index contributed by atoms with van der Waals surface area (Å²) in [5.41, 5.74) is 0. The fourth-order valence-corrected chi connectivity index (χ4v) is 2.85. The maximum Gasteiger partial charge on any atom is 0.0507 e. The molecule has 0 radical (unpaired) electrons. The molecule has 0 aliphatic carbocycles. The van der Waals surface area contributed by atoms with Crippen molar-refractivity contribution in [2.24, 2.45) is 5.92 Å². The third-order valence-electron chi connectivity index (χ3n) is 3.35.